The van der Waals surface area contributed by atoms with Crippen molar-refractivity contribution in [2.24, 2.45) is 4.99 Å². The van der Waals surface area contributed by atoms with Gasteiger partial charge >= 0.3 is 0 Å². The Hall–Kier alpha value is -3.07. The topological polar surface area (TPSA) is 30.8 Å². The van der Waals surface area contributed by atoms with Crippen LogP contribution in [-0.4, -0.2) is 12.8 Å². The van der Waals surface area contributed by atoms with Crippen molar-refractivity contribution >= 4 is 11.9 Å². The summed E-state index contributed by atoms with van der Waals surface area (Å²) in [5, 5.41) is 0. The maximum Gasteiger partial charge on any atom is 0.161 e. The Morgan fingerprint density at radius 1 is 0.846 bits per heavy atom. The number of hydrogen-bond acceptors (Lipinski definition) is 3. The quantitative estimate of drug-likeness (QED) is 0.513. The second-order valence-corrected chi connectivity index (χ2v) is 6.01. The standard InChI is InChI=1S/C23H23NO2/c1-3-25-23-15-20(16-24-21-12-9-18(2)10-13-21)11-14-22(23)26-17-19-7-5-4-6-8-19/h4-16H,3,17H2,1-2H3. The Kier molecular flexibility index (Phi) is 6.05. The van der Waals surface area contributed by atoms with Crippen LogP contribution in [0, 0.1) is 6.92 Å². The van der Waals surface area contributed by atoms with Crippen molar-refractivity contribution in [3.8, 4) is 11.5 Å². The lowest BCUT2D eigenvalue weighted by molar-refractivity contribution is 0.269. The number of ether oxygens (including phenoxy) is 2. The molecule has 0 heterocycles. The van der Waals surface area contributed by atoms with Crippen LogP contribution in [-0.2, 0) is 6.61 Å². The summed E-state index contributed by atoms with van der Waals surface area (Å²) in [7, 11) is 0. The smallest absolute Gasteiger partial charge is 0.161 e. The third kappa shape index (κ3) is 4.96. The molecule has 0 spiro atoms. The summed E-state index contributed by atoms with van der Waals surface area (Å²) < 4.78 is 11.7. The molecule has 0 bridgehead atoms. The lowest BCUT2D eigenvalue weighted by Gasteiger charge is -2.12. The van der Waals surface area contributed by atoms with Crippen LogP contribution < -0.4 is 9.47 Å². The minimum Gasteiger partial charge on any atom is -0.490 e. The third-order valence-electron chi connectivity index (χ3n) is 3.90. The van der Waals surface area contributed by atoms with Gasteiger partial charge in [0.1, 0.15) is 6.61 Å². The molecule has 0 aliphatic heterocycles. The number of hydrogen-bond donors (Lipinski definition) is 0. The van der Waals surface area contributed by atoms with Gasteiger partial charge in [0.15, 0.2) is 11.5 Å². The predicted octanol–water partition coefficient (Wildman–Crippen LogP) is 5.72. The summed E-state index contributed by atoms with van der Waals surface area (Å²) in [5.41, 5.74) is 4.25. The Balaban J connectivity index is 1.74. The molecule has 0 saturated heterocycles. The van der Waals surface area contributed by atoms with Gasteiger partial charge in [0.2, 0.25) is 0 Å². The largest absolute Gasteiger partial charge is 0.490 e. The van der Waals surface area contributed by atoms with Crippen LogP contribution in [0.15, 0.2) is 77.8 Å². The highest BCUT2D eigenvalue weighted by atomic mass is 16.5. The van der Waals surface area contributed by atoms with Gasteiger partial charge < -0.3 is 9.47 Å². The van der Waals surface area contributed by atoms with E-state index in [2.05, 4.69) is 24.0 Å². The van der Waals surface area contributed by atoms with Gasteiger partial charge in [-0.3, -0.25) is 4.99 Å². The normalized spacial score (nSPS) is 10.8. The molecule has 3 rings (SSSR count). The molecule has 0 atom stereocenters. The Morgan fingerprint density at radius 3 is 2.35 bits per heavy atom. The Bertz CT molecular complexity index is 855. The SMILES string of the molecule is CCOc1cc(C=Nc2ccc(C)cc2)ccc1OCc1ccccc1. The molecule has 3 aromatic carbocycles. The van der Waals surface area contributed by atoms with Crippen LogP contribution in [0.1, 0.15) is 23.6 Å². The van der Waals surface area contributed by atoms with Gasteiger partial charge in [-0.1, -0.05) is 48.0 Å². The third-order valence-corrected chi connectivity index (χ3v) is 3.90. The molecule has 0 aliphatic rings. The summed E-state index contributed by atoms with van der Waals surface area (Å²) in [4.78, 5) is 4.52. The minimum absolute atomic E-state index is 0.512. The molecule has 0 amide bonds. The van der Waals surface area contributed by atoms with Gasteiger partial charge in [0.05, 0.1) is 12.3 Å². The minimum atomic E-state index is 0.512. The van der Waals surface area contributed by atoms with Gasteiger partial charge in [-0.2, -0.15) is 0 Å². The van der Waals surface area contributed by atoms with Crippen molar-refractivity contribution in [1.82, 2.24) is 0 Å². The first kappa shape index (κ1) is 17.7. The average molecular weight is 345 g/mol. The van der Waals surface area contributed by atoms with E-state index in [9.17, 15) is 0 Å². The molecule has 3 nitrogen and oxygen atoms in total. The van der Waals surface area contributed by atoms with E-state index in [0.29, 0.717) is 13.2 Å². The highest BCUT2D eigenvalue weighted by molar-refractivity contribution is 5.83. The van der Waals surface area contributed by atoms with Crippen molar-refractivity contribution in [3.05, 3.63) is 89.5 Å². The molecule has 0 aromatic heterocycles. The van der Waals surface area contributed by atoms with E-state index in [-0.39, 0.29) is 0 Å². The molecule has 26 heavy (non-hydrogen) atoms. The number of aryl methyl sites for hydroxylation is 1. The Morgan fingerprint density at radius 2 is 1.62 bits per heavy atom. The fraction of sp³-hybridized carbons (Fsp3) is 0.174. The molecule has 3 aromatic rings. The second kappa shape index (κ2) is 8.86. The molecule has 0 fully saturated rings. The van der Waals surface area contributed by atoms with Crippen molar-refractivity contribution in [3.63, 3.8) is 0 Å². The fourth-order valence-corrected chi connectivity index (χ4v) is 2.51. The van der Waals surface area contributed by atoms with E-state index in [4.69, 9.17) is 9.47 Å². The van der Waals surface area contributed by atoms with E-state index >= 15 is 0 Å². The van der Waals surface area contributed by atoms with Crippen LogP contribution in [0.2, 0.25) is 0 Å². The van der Waals surface area contributed by atoms with E-state index in [1.165, 1.54) is 5.56 Å². The number of aliphatic imine (C=N–C) groups is 1. The molecular weight excluding hydrogens is 322 g/mol. The first-order valence-electron chi connectivity index (χ1n) is 8.79. The predicted molar refractivity (Wildman–Crippen MR) is 107 cm³/mol. The van der Waals surface area contributed by atoms with Crippen molar-refractivity contribution in [2.45, 2.75) is 20.5 Å². The van der Waals surface area contributed by atoms with Crippen LogP contribution in [0.3, 0.4) is 0 Å². The molecule has 132 valence electrons. The maximum absolute atomic E-state index is 5.94. The van der Waals surface area contributed by atoms with Gasteiger partial charge in [0.25, 0.3) is 0 Å². The van der Waals surface area contributed by atoms with E-state index in [1.54, 1.807) is 0 Å². The van der Waals surface area contributed by atoms with E-state index in [1.807, 2.05) is 73.8 Å². The summed E-state index contributed by atoms with van der Waals surface area (Å²) in [6.07, 6.45) is 1.84. The van der Waals surface area contributed by atoms with Crippen LogP contribution in [0.5, 0.6) is 11.5 Å². The molecule has 0 radical (unpaired) electrons. The molecule has 0 saturated carbocycles. The summed E-state index contributed by atoms with van der Waals surface area (Å²) in [6, 6.07) is 24.1. The number of nitrogens with zero attached hydrogens (tertiary/aromatic N) is 1. The van der Waals surface area contributed by atoms with Gasteiger partial charge in [-0.25, -0.2) is 0 Å². The van der Waals surface area contributed by atoms with Crippen molar-refractivity contribution in [2.75, 3.05) is 6.61 Å². The zero-order valence-electron chi connectivity index (χ0n) is 15.2. The van der Waals surface area contributed by atoms with Crippen molar-refractivity contribution in [1.29, 1.82) is 0 Å². The average Bonchev–Trinajstić information content (AvgIpc) is 2.68. The lowest BCUT2D eigenvalue weighted by Crippen LogP contribution is -2.00. The summed E-state index contributed by atoms with van der Waals surface area (Å²) >= 11 is 0. The first-order valence-corrected chi connectivity index (χ1v) is 8.79. The summed E-state index contributed by atoms with van der Waals surface area (Å²) in [5.74, 6) is 1.47. The van der Waals surface area contributed by atoms with Gasteiger partial charge in [-0.05, 0) is 55.3 Å². The lowest BCUT2D eigenvalue weighted by atomic mass is 10.2. The molecule has 0 N–H and O–H groups in total. The van der Waals surface area contributed by atoms with Crippen LogP contribution >= 0.6 is 0 Å². The highest BCUT2D eigenvalue weighted by Gasteiger charge is 2.06. The Labute approximate surface area is 154 Å². The van der Waals surface area contributed by atoms with Crippen LogP contribution in [0.25, 0.3) is 0 Å². The van der Waals surface area contributed by atoms with Crippen LogP contribution in [0.4, 0.5) is 5.69 Å². The molecule has 0 aliphatic carbocycles. The number of rotatable bonds is 7. The van der Waals surface area contributed by atoms with E-state index in [0.717, 1.165) is 28.3 Å². The zero-order chi connectivity index (χ0) is 18.2. The highest BCUT2D eigenvalue weighted by Crippen LogP contribution is 2.29. The van der Waals surface area contributed by atoms with Gasteiger partial charge in [-0.15, -0.1) is 0 Å². The van der Waals surface area contributed by atoms with E-state index < -0.39 is 0 Å². The second-order valence-electron chi connectivity index (χ2n) is 6.01. The van der Waals surface area contributed by atoms with Gasteiger partial charge in [0, 0.05) is 6.21 Å². The summed E-state index contributed by atoms with van der Waals surface area (Å²) in [6.45, 7) is 5.13. The zero-order valence-corrected chi connectivity index (χ0v) is 15.2. The number of benzene rings is 3. The molecular formula is C23H23NO2. The monoisotopic (exact) mass is 345 g/mol. The van der Waals surface area contributed by atoms with Crippen molar-refractivity contribution < 1.29 is 9.47 Å². The first-order chi connectivity index (χ1) is 12.7. The molecule has 0 unspecified atom stereocenters. The molecule has 3 heteroatoms. The maximum atomic E-state index is 5.94. The fourth-order valence-electron chi connectivity index (χ4n) is 2.51.